The average molecular weight is 601 g/mol. The summed E-state index contributed by atoms with van der Waals surface area (Å²) in [6.45, 7) is 5.76. The predicted molar refractivity (Wildman–Crippen MR) is 155 cm³/mol. The van der Waals surface area contributed by atoms with Crippen LogP contribution in [-0.4, -0.2) is 50.5 Å². The molecule has 0 aromatic heterocycles. The summed E-state index contributed by atoms with van der Waals surface area (Å²) in [6.07, 6.45) is 1.37. The molecule has 0 saturated carbocycles. The van der Waals surface area contributed by atoms with E-state index in [2.05, 4.69) is 21.2 Å². The molecule has 1 N–H and O–H groups in total. The molecule has 0 radical (unpaired) electrons. The molecule has 9 heteroatoms. The minimum atomic E-state index is -3.80. The molecule has 0 aliphatic carbocycles. The van der Waals surface area contributed by atoms with E-state index in [1.807, 2.05) is 75.4 Å². The Morgan fingerprint density at radius 1 is 0.947 bits per heavy atom. The Hall–Kier alpha value is -3.17. The molecule has 0 aliphatic heterocycles. The fourth-order valence-electron chi connectivity index (χ4n) is 4.21. The molecule has 202 valence electrons. The third-order valence-electron chi connectivity index (χ3n) is 6.33. The van der Waals surface area contributed by atoms with Gasteiger partial charge in [-0.3, -0.25) is 13.9 Å². The number of amides is 2. The van der Waals surface area contributed by atoms with E-state index in [1.54, 1.807) is 18.2 Å². The van der Waals surface area contributed by atoms with Crippen molar-refractivity contribution in [2.75, 3.05) is 23.7 Å². The van der Waals surface area contributed by atoms with Crippen molar-refractivity contribution in [2.45, 2.75) is 39.8 Å². The van der Waals surface area contributed by atoms with Crippen molar-refractivity contribution < 1.29 is 18.0 Å². The van der Waals surface area contributed by atoms with Crippen molar-refractivity contribution in [3.8, 4) is 0 Å². The number of sulfonamides is 1. The van der Waals surface area contributed by atoms with E-state index in [4.69, 9.17) is 0 Å². The zero-order valence-electron chi connectivity index (χ0n) is 22.1. The first-order valence-electron chi connectivity index (χ1n) is 12.4. The fourth-order valence-corrected chi connectivity index (χ4v) is 5.30. The van der Waals surface area contributed by atoms with Crippen LogP contribution in [0, 0.1) is 13.8 Å². The van der Waals surface area contributed by atoms with E-state index in [0.29, 0.717) is 18.7 Å². The summed E-state index contributed by atoms with van der Waals surface area (Å²) >= 11 is 3.44. The number of rotatable bonds is 11. The van der Waals surface area contributed by atoms with E-state index < -0.39 is 28.5 Å². The molecule has 7 nitrogen and oxygen atoms in total. The molecule has 0 bridgehead atoms. The Balaban J connectivity index is 2.06. The van der Waals surface area contributed by atoms with Crippen molar-refractivity contribution in [1.29, 1.82) is 0 Å². The van der Waals surface area contributed by atoms with Crippen LogP contribution in [0.1, 0.15) is 29.2 Å². The molecule has 1 unspecified atom stereocenters. The maximum Gasteiger partial charge on any atom is 0.244 e. The lowest BCUT2D eigenvalue weighted by molar-refractivity contribution is -0.140. The summed E-state index contributed by atoms with van der Waals surface area (Å²) in [5.74, 6) is -0.755. The fraction of sp³-hybridized carbons (Fsp3) is 0.310. The van der Waals surface area contributed by atoms with E-state index in [9.17, 15) is 18.0 Å². The van der Waals surface area contributed by atoms with Gasteiger partial charge >= 0.3 is 0 Å². The smallest absolute Gasteiger partial charge is 0.244 e. The molecular weight excluding hydrogens is 566 g/mol. The van der Waals surface area contributed by atoms with Gasteiger partial charge in [-0.25, -0.2) is 8.42 Å². The summed E-state index contributed by atoms with van der Waals surface area (Å²) in [4.78, 5) is 28.9. The highest BCUT2D eigenvalue weighted by Gasteiger charge is 2.33. The average Bonchev–Trinajstić information content (AvgIpc) is 2.87. The molecule has 2 amide bonds. The summed E-state index contributed by atoms with van der Waals surface area (Å²) in [7, 11) is -3.80. The number of nitrogens with zero attached hydrogens (tertiary/aromatic N) is 2. The number of hydrogen-bond donors (Lipinski definition) is 1. The van der Waals surface area contributed by atoms with Gasteiger partial charge in [-0.1, -0.05) is 70.5 Å². The number of benzene rings is 3. The van der Waals surface area contributed by atoms with E-state index >= 15 is 0 Å². The van der Waals surface area contributed by atoms with Gasteiger partial charge in [-0.15, -0.1) is 0 Å². The molecule has 0 heterocycles. The molecular formula is C29H34BrN3O4S. The Kier molecular flexibility index (Phi) is 10.1. The first-order valence-corrected chi connectivity index (χ1v) is 15.0. The minimum absolute atomic E-state index is 0.164. The van der Waals surface area contributed by atoms with Crippen LogP contribution in [0.15, 0.2) is 77.3 Å². The predicted octanol–water partition coefficient (Wildman–Crippen LogP) is 4.61. The third-order valence-corrected chi connectivity index (χ3v) is 8.36. The van der Waals surface area contributed by atoms with Gasteiger partial charge in [0.25, 0.3) is 0 Å². The summed E-state index contributed by atoms with van der Waals surface area (Å²) < 4.78 is 27.6. The zero-order chi connectivity index (χ0) is 27.9. The first kappa shape index (κ1) is 29.4. The number of nitrogens with one attached hydrogen (secondary N) is 1. The molecule has 3 aromatic rings. The van der Waals surface area contributed by atoms with E-state index in [1.165, 1.54) is 4.90 Å². The van der Waals surface area contributed by atoms with Gasteiger partial charge in [0.05, 0.1) is 11.9 Å². The van der Waals surface area contributed by atoms with Crippen LogP contribution >= 0.6 is 15.9 Å². The Labute approximate surface area is 234 Å². The van der Waals surface area contributed by atoms with Crippen LogP contribution in [0.25, 0.3) is 0 Å². The van der Waals surface area contributed by atoms with Crippen LogP contribution in [0.4, 0.5) is 5.69 Å². The molecule has 0 saturated heterocycles. The van der Waals surface area contributed by atoms with Gasteiger partial charge < -0.3 is 10.2 Å². The largest absolute Gasteiger partial charge is 0.355 e. The number of anilines is 1. The number of carbonyl (C=O) groups is 2. The van der Waals surface area contributed by atoms with Crippen LogP contribution in [-0.2, 0) is 32.6 Å². The van der Waals surface area contributed by atoms with Gasteiger partial charge in [0.2, 0.25) is 21.8 Å². The highest BCUT2D eigenvalue weighted by atomic mass is 79.9. The van der Waals surface area contributed by atoms with Crippen LogP contribution in [0.3, 0.4) is 0 Å². The van der Waals surface area contributed by atoms with Crippen molar-refractivity contribution in [3.63, 3.8) is 0 Å². The SMILES string of the molecule is CCNC(=O)C(Cc1ccccc1)N(Cc1ccccc1C)C(=O)CN(c1ccc(Br)c(C)c1)S(C)(=O)=O. The molecule has 3 aromatic carbocycles. The first-order chi connectivity index (χ1) is 18.0. The molecule has 0 aliphatic rings. The summed E-state index contributed by atoms with van der Waals surface area (Å²) in [5.41, 5.74) is 3.98. The lowest BCUT2D eigenvalue weighted by Gasteiger charge is -2.33. The molecule has 0 spiro atoms. The van der Waals surface area contributed by atoms with Gasteiger partial charge in [0.1, 0.15) is 12.6 Å². The minimum Gasteiger partial charge on any atom is -0.355 e. The van der Waals surface area contributed by atoms with E-state index in [-0.39, 0.29) is 12.5 Å². The Morgan fingerprint density at radius 3 is 2.21 bits per heavy atom. The Morgan fingerprint density at radius 2 is 1.61 bits per heavy atom. The zero-order valence-corrected chi connectivity index (χ0v) is 24.6. The molecule has 1 atom stereocenters. The van der Waals surface area contributed by atoms with Crippen LogP contribution in [0.2, 0.25) is 0 Å². The number of halogens is 1. The third kappa shape index (κ3) is 7.68. The summed E-state index contributed by atoms with van der Waals surface area (Å²) in [5, 5.41) is 2.86. The van der Waals surface area contributed by atoms with Crippen molar-refractivity contribution in [2.24, 2.45) is 0 Å². The summed E-state index contributed by atoms with van der Waals surface area (Å²) in [6, 6.07) is 21.5. The van der Waals surface area contributed by atoms with Crippen molar-refractivity contribution in [3.05, 3.63) is 99.5 Å². The lowest BCUT2D eigenvalue weighted by Crippen LogP contribution is -2.53. The highest BCUT2D eigenvalue weighted by Crippen LogP contribution is 2.25. The van der Waals surface area contributed by atoms with Gasteiger partial charge in [0, 0.05) is 24.0 Å². The van der Waals surface area contributed by atoms with Gasteiger partial charge in [-0.05, 0) is 61.2 Å². The molecule has 0 fully saturated rings. The second-order valence-corrected chi connectivity index (χ2v) is 12.0. The van der Waals surface area contributed by atoms with Crippen molar-refractivity contribution >= 4 is 43.5 Å². The second-order valence-electron chi connectivity index (χ2n) is 9.25. The highest BCUT2D eigenvalue weighted by molar-refractivity contribution is 9.10. The normalized spacial score (nSPS) is 12.0. The standard InChI is InChI=1S/C29H34BrN3O4S/c1-5-31-29(35)27(18-23-12-7-6-8-13-23)32(19-24-14-10-9-11-21(24)2)28(34)20-33(38(4,36)37)25-15-16-26(30)22(3)17-25/h6-17,27H,5,18-20H2,1-4H3,(H,31,35). The van der Waals surface area contributed by atoms with Crippen LogP contribution < -0.4 is 9.62 Å². The number of hydrogen-bond acceptors (Lipinski definition) is 4. The molecule has 38 heavy (non-hydrogen) atoms. The van der Waals surface area contributed by atoms with Crippen molar-refractivity contribution in [1.82, 2.24) is 10.2 Å². The van der Waals surface area contributed by atoms with Crippen LogP contribution in [0.5, 0.6) is 0 Å². The maximum absolute atomic E-state index is 14.0. The number of aryl methyl sites for hydroxylation is 2. The number of likely N-dealkylation sites (N-methyl/N-ethyl adjacent to an activating group) is 1. The van der Waals surface area contributed by atoms with Gasteiger partial charge in [0.15, 0.2) is 0 Å². The quantitative estimate of drug-likeness (QED) is 0.349. The molecule has 3 rings (SSSR count). The van der Waals surface area contributed by atoms with E-state index in [0.717, 1.165) is 37.3 Å². The number of carbonyl (C=O) groups excluding carboxylic acids is 2. The Bertz CT molecular complexity index is 1380. The monoisotopic (exact) mass is 599 g/mol. The maximum atomic E-state index is 14.0. The topological polar surface area (TPSA) is 86.8 Å². The lowest BCUT2D eigenvalue weighted by atomic mass is 10.0. The van der Waals surface area contributed by atoms with Gasteiger partial charge in [-0.2, -0.15) is 0 Å². The second kappa shape index (κ2) is 13.1.